The number of nitrogens with zero attached hydrogens (tertiary/aromatic N) is 4. The minimum atomic E-state index is -2.56. The SMILES string of the molecule is CNc1cn(C2CN(C3CCN(C(C)=O)CC3)C2)nc1C(F)F. The lowest BCUT2D eigenvalue weighted by Crippen LogP contribution is -2.56. The molecule has 0 radical (unpaired) electrons. The summed E-state index contributed by atoms with van der Waals surface area (Å²) in [6.45, 7) is 4.89. The highest BCUT2D eigenvalue weighted by Gasteiger charge is 2.36. The Balaban J connectivity index is 1.54. The van der Waals surface area contributed by atoms with Gasteiger partial charge in [0.1, 0.15) is 0 Å². The van der Waals surface area contributed by atoms with Crippen LogP contribution >= 0.6 is 0 Å². The van der Waals surface area contributed by atoms with E-state index >= 15 is 0 Å². The highest BCUT2D eigenvalue weighted by atomic mass is 19.3. The number of anilines is 1. The first-order valence-corrected chi connectivity index (χ1v) is 8.04. The van der Waals surface area contributed by atoms with Crippen molar-refractivity contribution >= 4 is 11.6 Å². The number of hydrogen-bond acceptors (Lipinski definition) is 4. The molecule has 1 N–H and O–H groups in total. The molecule has 1 amide bonds. The van der Waals surface area contributed by atoms with Crippen molar-refractivity contribution < 1.29 is 13.6 Å². The summed E-state index contributed by atoms with van der Waals surface area (Å²) in [5.41, 5.74) is 0.217. The summed E-state index contributed by atoms with van der Waals surface area (Å²) in [4.78, 5) is 15.6. The summed E-state index contributed by atoms with van der Waals surface area (Å²) in [7, 11) is 1.63. The number of piperidine rings is 1. The van der Waals surface area contributed by atoms with Crippen LogP contribution in [-0.2, 0) is 4.79 Å². The molecule has 0 bridgehead atoms. The first kappa shape index (κ1) is 16.2. The summed E-state index contributed by atoms with van der Waals surface area (Å²) in [6, 6.07) is 0.635. The molecule has 2 aliphatic rings. The zero-order chi connectivity index (χ0) is 16.6. The molecule has 1 aromatic heterocycles. The maximum atomic E-state index is 12.9. The van der Waals surface area contributed by atoms with Gasteiger partial charge in [-0.3, -0.25) is 14.4 Å². The van der Waals surface area contributed by atoms with Gasteiger partial charge in [0.15, 0.2) is 5.69 Å². The average molecular weight is 327 g/mol. The lowest BCUT2D eigenvalue weighted by molar-refractivity contribution is -0.130. The Morgan fingerprint density at radius 2 is 1.96 bits per heavy atom. The standard InChI is InChI=1S/C15H23F2N5O/c1-10(23)20-5-3-11(4-6-20)21-7-12(8-21)22-9-13(18-2)14(19-22)15(16)17/h9,11-12,15,18H,3-8H2,1-2H3. The van der Waals surface area contributed by atoms with Crippen LogP contribution in [0.3, 0.4) is 0 Å². The fourth-order valence-corrected chi connectivity index (χ4v) is 3.45. The van der Waals surface area contributed by atoms with Gasteiger partial charge in [0.25, 0.3) is 6.43 Å². The molecule has 23 heavy (non-hydrogen) atoms. The van der Waals surface area contributed by atoms with Gasteiger partial charge in [-0.1, -0.05) is 0 Å². The number of rotatable bonds is 4. The van der Waals surface area contributed by atoms with Crippen molar-refractivity contribution in [1.29, 1.82) is 0 Å². The molecule has 0 unspecified atom stereocenters. The number of amides is 1. The van der Waals surface area contributed by atoms with Crippen molar-refractivity contribution in [3.63, 3.8) is 0 Å². The Kier molecular flexibility index (Phi) is 4.52. The molecule has 0 aliphatic carbocycles. The van der Waals surface area contributed by atoms with Crippen LogP contribution in [0.1, 0.15) is 37.9 Å². The van der Waals surface area contributed by atoms with E-state index in [-0.39, 0.29) is 17.6 Å². The zero-order valence-corrected chi connectivity index (χ0v) is 13.5. The van der Waals surface area contributed by atoms with Crippen LogP contribution in [0, 0.1) is 0 Å². The minimum absolute atomic E-state index is 0.139. The Labute approximate surface area is 134 Å². The molecule has 8 heteroatoms. The predicted molar refractivity (Wildman–Crippen MR) is 82.6 cm³/mol. The molecule has 3 heterocycles. The monoisotopic (exact) mass is 327 g/mol. The van der Waals surface area contributed by atoms with Crippen molar-refractivity contribution in [2.75, 3.05) is 38.5 Å². The summed E-state index contributed by atoms with van der Waals surface area (Å²) < 4.78 is 27.5. The Hall–Kier alpha value is -1.70. The van der Waals surface area contributed by atoms with E-state index in [0.717, 1.165) is 39.0 Å². The molecular weight excluding hydrogens is 304 g/mol. The van der Waals surface area contributed by atoms with Crippen molar-refractivity contribution in [3.05, 3.63) is 11.9 Å². The number of halogens is 2. The van der Waals surface area contributed by atoms with Crippen LogP contribution in [-0.4, -0.2) is 64.8 Å². The van der Waals surface area contributed by atoms with E-state index < -0.39 is 6.43 Å². The van der Waals surface area contributed by atoms with Gasteiger partial charge in [-0.2, -0.15) is 5.10 Å². The molecule has 2 saturated heterocycles. The fourth-order valence-electron chi connectivity index (χ4n) is 3.45. The predicted octanol–water partition coefficient (Wildman–Crippen LogP) is 1.73. The number of carbonyl (C=O) groups is 1. The van der Waals surface area contributed by atoms with Gasteiger partial charge >= 0.3 is 0 Å². The second kappa shape index (κ2) is 6.43. The lowest BCUT2D eigenvalue weighted by atomic mass is 9.97. The van der Waals surface area contributed by atoms with Gasteiger partial charge in [-0.05, 0) is 12.8 Å². The van der Waals surface area contributed by atoms with E-state index in [1.807, 2.05) is 4.90 Å². The molecule has 6 nitrogen and oxygen atoms in total. The molecule has 2 aliphatic heterocycles. The van der Waals surface area contributed by atoms with E-state index in [1.165, 1.54) is 0 Å². The fraction of sp³-hybridized carbons (Fsp3) is 0.733. The average Bonchev–Trinajstić information content (AvgIpc) is 2.90. The number of likely N-dealkylation sites (tertiary alicyclic amines) is 2. The van der Waals surface area contributed by atoms with E-state index in [1.54, 1.807) is 24.9 Å². The highest BCUT2D eigenvalue weighted by Crippen LogP contribution is 2.31. The number of carbonyl (C=O) groups excluding carboxylic acids is 1. The smallest absolute Gasteiger partial charge is 0.284 e. The van der Waals surface area contributed by atoms with Gasteiger partial charge in [-0.15, -0.1) is 0 Å². The first-order chi connectivity index (χ1) is 11.0. The Morgan fingerprint density at radius 1 is 1.30 bits per heavy atom. The molecule has 1 aromatic rings. The normalized spacial score (nSPS) is 20.8. The summed E-state index contributed by atoms with van der Waals surface area (Å²) >= 11 is 0. The molecule has 3 rings (SSSR count). The van der Waals surface area contributed by atoms with E-state index in [2.05, 4.69) is 15.3 Å². The van der Waals surface area contributed by atoms with E-state index in [9.17, 15) is 13.6 Å². The number of aromatic nitrogens is 2. The maximum Gasteiger partial charge on any atom is 0.284 e. The highest BCUT2D eigenvalue weighted by molar-refractivity contribution is 5.73. The van der Waals surface area contributed by atoms with Crippen molar-refractivity contribution in [2.45, 2.75) is 38.3 Å². The van der Waals surface area contributed by atoms with Gasteiger partial charge in [0, 0.05) is 52.4 Å². The molecule has 0 aromatic carbocycles. The Bertz CT molecular complexity index is 562. The Morgan fingerprint density at radius 3 is 2.43 bits per heavy atom. The van der Waals surface area contributed by atoms with Gasteiger partial charge in [-0.25, -0.2) is 8.78 Å². The van der Waals surface area contributed by atoms with Crippen LogP contribution in [0.2, 0.25) is 0 Å². The van der Waals surface area contributed by atoms with Crippen molar-refractivity contribution in [1.82, 2.24) is 19.6 Å². The second-order valence-corrected chi connectivity index (χ2v) is 6.30. The molecule has 0 spiro atoms. The zero-order valence-electron chi connectivity index (χ0n) is 13.5. The quantitative estimate of drug-likeness (QED) is 0.915. The number of alkyl halides is 2. The molecule has 0 saturated carbocycles. The molecule has 128 valence electrons. The summed E-state index contributed by atoms with van der Waals surface area (Å²) in [5, 5.41) is 6.82. The van der Waals surface area contributed by atoms with Crippen LogP contribution < -0.4 is 5.32 Å². The third kappa shape index (κ3) is 3.17. The maximum absolute atomic E-state index is 12.9. The summed E-state index contributed by atoms with van der Waals surface area (Å²) in [5.74, 6) is 0.139. The lowest BCUT2D eigenvalue weighted by Gasteiger charge is -2.47. The van der Waals surface area contributed by atoms with E-state index in [4.69, 9.17) is 0 Å². The summed E-state index contributed by atoms with van der Waals surface area (Å²) in [6.07, 6.45) is 1.07. The van der Waals surface area contributed by atoms with Crippen molar-refractivity contribution in [3.8, 4) is 0 Å². The first-order valence-electron chi connectivity index (χ1n) is 8.04. The molecule has 0 atom stereocenters. The van der Waals surface area contributed by atoms with Gasteiger partial charge < -0.3 is 10.2 Å². The number of nitrogens with one attached hydrogen (secondary N) is 1. The third-order valence-corrected chi connectivity index (χ3v) is 4.93. The van der Waals surface area contributed by atoms with Gasteiger partial charge in [0.2, 0.25) is 5.91 Å². The van der Waals surface area contributed by atoms with Crippen LogP contribution in [0.4, 0.5) is 14.5 Å². The van der Waals surface area contributed by atoms with Crippen LogP contribution in [0.15, 0.2) is 6.20 Å². The minimum Gasteiger partial charge on any atom is -0.385 e. The molecule has 2 fully saturated rings. The third-order valence-electron chi connectivity index (χ3n) is 4.93. The van der Waals surface area contributed by atoms with Crippen LogP contribution in [0.5, 0.6) is 0 Å². The van der Waals surface area contributed by atoms with Crippen molar-refractivity contribution in [2.24, 2.45) is 0 Å². The second-order valence-electron chi connectivity index (χ2n) is 6.30. The largest absolute Gasteiger partial charge is 0.385 e. The number of hydrogen-bond donors (Lipinski definition) is 1. The topological polar surface area (TPSA) is 53.4 Å². The van der Waals surface area contributed by atoms with Crippen LogP contribution in [0.25, 0.3) is 0 Å². The van der Waals surface area contributed by atoms with E-state index in [0.29, 0.717) is 11.7 Å². The molecular formula is C15H23F2N5O. The van der Waals surface area contributed by atoms with Gasteiger partial charge in [0.05, 0.1) is 11.7 Å².